The van der Waals surface area contributed by atoms with Gasteiger partial charge in [-0.3, -0.25) is 4.98 Å². The highest BCUT2D eigenvalue weighted by molar-refractivity contribution is 7.89. The zero-order chi connectivity index (χ0) is 17.4. The van der Waals surface area contributed by atoms with Crippen molar-refractivity contribution >= 4 is 21.6 Å². The van der Waals surface area contributed by atoms with Gasteiger partial charge in [0.25, 0.3) is 0 Å². The highest BCUT2D eigenvalue weighted by Crippen LogP contribution is 2.46. The molecule has 7 heteroatoms. The van der Waals surface area contributed by atoms with E-state index in [1.165, 1.54) is 0 Å². The first-order valence-electron chi connectivity index (χ1n) is 7.56. The third-order valence-corrected chi connectivity index (χ3v) is 5.97. The van der Waals surface area contributed by atoms with E-state index in [9.17, 15) is 8.42 Å². The summed E-state index contributed by atoms with van der Waals surface area (Å²) in [4.78, 5) is 4.25. The number of hydrogen-bond donors (Lipinski definition) is 1. The van der Waals surface area contributed by atoms with E-state index in [0.29, 0.717) is 10.6 Å². The lowest BCUT2D eigenvalue weighted by molar-refractivity contribution is 0.552. The second-order valence-electron chi connectivity index (χ2n) is 5.86. The maximum absolute atomic E-state index is 11.9. The summed E-state index contributed by atoms with van der Waals surface area (Å²) in [6.45, 7) is 1.62. The van der Waals surface area contributed by atoms with E-state index < -0.39 is 15.6 Å². The second kappa shape index (κ2) is 6.17. The first-order chi connectivity index (χ1) is 11.4. The molecule has 2 aromatic rings. The van der Waals surface area contributed by atoms with Crippen molar-refractivity contribution in [3.8, 4) is 17.2 Å². The van der Waals surface area contributed by atoms with Crippen LogP contribution in [-0.2, 0) is 15.6 Å². The Bertz CT molecular complexity index is 931. The molecule has 3 rings (SSSR count). The van der Waals surface area contributed by atoms with E-state index in [-0.39, 0.29) is 5.75 Å². The summed E-state index contributed by atoms with van der Waals surface area (Å²) < 4.78 is 26.6. The fourth-order valence-corrected chi connectivity index (χ4v) is 3.87. The number of hydrogen-bond acceptors (Lipinski definition) is 4. The van der Waals surface area contributed by atoms with Gasteiger partial charge in [-0.1, -0.05) is 17.7 Å². The van der Waals surface area contributed by atoms with E-state index >= 15 is 0 Å². The van der Waals surface area contributed by atoms with Crippen LogP contribution in [0.5, 0.6) is 0 Å². The molecule has 1 N–H and O–H groups in total. The Hall–Kier alpha value is -1.94. The van der Waals surface area contributed by atoms with Crippen LogP contribution in [0.2, 0.25) is 5.02 Å². The van der Waals surface area contributed by atoms with Crippen LogP contribution in [0.1, 0.15) is 30.9 Å². The van der Waals surface area contributed by atoms with Crippen LogP contribution in [0.15, 0.2) is 36.7 Å². The highest BCUT2D eigenvalue weighted by Gasteiger charge is 2.47. The normalized spacial score (nSPS) is 15.7. The Morgan fingerprint density at radius 1 is 1.29 bits per heavy atom. The molecule has 0 atom stereocenters. The number of benzene rings is 1. The third kappa shape index (κ3) is 3.29. The van der Waals surface area contributed by atoms with Crippen molar-refractivity contribution in [1.29, 1.82) is 5.26 Å². The lowest BCUT2D eigenvalue weighted by Gasteiger charge is -2.18. The van der Waals surface area contributed by atoms with Gasteiger partial charge in [-0.15, -0.1) is 0 Å². The van der Waals surface area contributed by atoms with Gasteiger partial charge in [0.15, 0.2) is 0 Å². The topological polar surface area (TPSA) is 82.8 Å². The van der Waals surface area contributed by atoms with Crippen molar-refractivity contribution in [3.05, 3.63) is 52.8 Å². The summed E-state index contributed by atoms with van der Waals surface area (Å²) in [6.07, 6.45) is 4.91. The van der Waals surface area contributed by atoms with E-state index in [1.54, 1.807) is 37.5 Å². The molecule has 0 aliphatic heterocycles. The van der Waals surface area contributed by atoms with Gasteiger partial charge in [-0.25, -0.2) is 13.1 Å². The van der Waals surface area contributed by atoms with Crippen LogP contribution in [0.4, 0.5) is 0 Å². The minimum absolute atomic E-state index is 0.0487. The molecule has 124 valence electrons. The molecule has 1 saturated carbocycles. The smallest absolute Gasteiger partial charge is 0.212 e. The van der Waals surface area contributed by atoms with Gasteiger partial charge in [0, 0.05) is 18.0 Å². The van der Waals surface area contributed by atoms with Gasteiger partial charge >= 0.3 is 0 Å². The molecule has 1 aromatic carbocycles. The monoisotopic (exact) mass is 361 g/mol. The molecule has 0 spiro atoms. The van der Waals surface area contributed by atoms with E-state index in [2.05, 4.69) is 9.71 Å². The fourth-order valence-electron chi connectivity index (χ4n) is 2.59. The van der Waals surface area contributed by atoms with Gasteiger partial charge in [0.2, 0.25) is 10.0 Å². The number of nitriles is 1. The van der Waals surface area contributed by atoms with Crippen LogP contribution >= 0.6 is 11.6 Å². The number of rotatable bonds is 5. The molecule has 1 aliphatic carbocycles. The average molecular weight is 362 g/mol. The van der Waals surface area contributed by atoms with Gasteiger partial charge in [0.05, 0.1) is 21.9 Å². The Morgan fingerprint density at radius 3 is 2.62 bits per heavy atom. The van der Waals surface area contributed by atoms with Gasteiger partial charge in [0.1, 0.15) is 6.07 Å². The van der Waals surface area contributed by atoms with Crippen LogP contribution in [0.3, 0.4) is 0 Å². The molecule has 0 amide bonds. The molecule has 24 heavy (non-hydrogen) atoms. The SMILES string of the molecule is CCS(=O)(=O)NC1(c2cncc(-c3ccc(C#N)c(Cl)c3)c2)CC1. The Labute approximate surface area is 146 Å². The minimum Gasteiger partial charge on any atom is -0.264 e. The predicted octanol–water partition coefficient (Wildman–Crippen LogP) is 3.20. The number of sulfonamides is 1. The van der Waals surface area contributed by atoms with Crippen LogP contribution in [-0.4, -0.2) is 19.2 Å². The maximum Gasteiger partial charge on any atom is 0.212 e. The summed E-state index contributed by atoms with van der Waals surface area (Å²) in [7, 11) is -3.29. The molecular formula is C17H16ClN3O2S. The van der Waals surface area contributed by atoms with Gasteiger partial charge < -0.3 is 0 Å². The number of aromatic nitrogens is 1. The average Bonchev–Trinajstić information content (AvgIpc) is 3.35. The summed E-state index contributed by atoms with van der Waals surface area (Å²) in [5.74, 6) is 0.0487. The Morgan fingerprint density at radius 2 is 2.04 bits per heavy atom. The summed E-state index contributed by atoms with van der Waals surface area (Å²) >= 11 is 6.09. The van der Waals surface area contributed by atoms with Crippen molar-refractivity contribution in [2.45, 2.75) is 25.3 Å². The van der Waals surface area contributed by atoms with Crippen molar-refractivity contribution in [1.82, 2.24) is 9.71 Å². The standard InChI is InChI=1S/C17H16ClN3O2S/c1-2-24(22,23)21-17(5-6-17)15-7-14(10-20-11-15)12-3-4-13(9-19)16(18)8-12/h3-4,7-8,10-11,21H,2,5-6H2,1H3. The Kier molecular flexibility index (Phi) is 4.35. The van der Waals surface area contributed by atoms with Crippen LogP contribution in [0.25, 0.3) is 11.1 Å². The van der Waals surface area contributed by atoms with E-state index in [4.69, 9.17) is 16.9 Å². The quantitative estimate of drug-likeness (QED) is 0.886. The first kappa shape index (κ1) is 16.9. The molecule has 1 aliphatic rings. The molecule has 1 fully saturated rings. The van der Waals surface area contributed by atoms with E-state index in [0.717, 1.165) is 29.5 Å². The van der Waals surface area contributed by atoms with Gasteiger partial charge in [-0.2, -0.15) is 5.26 Å². The number of nitrogens with one attached hydrogen (secondary N) is 1. The van der Waals surface area contributed by atoms with Crippen molar-refractivity contribution in [3.63, 3.8) is 0 Å². The van der Waals surface area contributed by atoms with Crippen LogP contribution in [0, 0.1) is 11.3 Å². The number of pyridine rings is 1. The zero-order valence-corrected chi connectivity index (χ0v) is 14.7. The molecule has 1 aromatic heterocycles. The molecule has 0 unspecified atom stereocenters. The highest BCUT2D eigenvalue weighted by atomic mass is 35.5. The first-order valence-corrected chi connectivity index (χ1v) is 9.59. The predicted molar refractivity (Wildman–Crippen MR) is 92.9 cm³/mol. The number of halogens is 1. The molecule has 1 heterocycles. The minimum atomic E-state index is -3.29. The lowest BCUT2D eigenvalue weighted by atomic mass is 10.0. The summed E-state index contributed by atoms with van der Waals surface area (Å²) in [5.41, 5.74) is 2.38. The Balaban J connectivity index is 1.96. The fraction of sp³-hybridized carbons (Fsp3) is 0.294. The molecular weight excluding hydrogens is 346 g/mol. The van der Waals surface area contributed by atoms with Crippen molar-refractivity contribution in [2.24, 2.45) is 0 Å². The van der Waals surface area contributed by atoms with E-state index in [1.807, 2.05) is 12.1 Å². The second-order valence-corrected chi connectivity index (χ2v) is 8.27. The molecule has 5 nitrogen and oxygen atoms in total. The largest absolute Gasteiger partial charge is 0.264 e. The van der Waals surface area contributed by atoms with Crippen molar-refractivity contribution < 1.29 is 8.42 Å². The lowest BCUT2D eigenvalue weighted by Crippen LogP contribution is -2.35. The molecule has 0 radical (unpaired) electrons. The summed E-state index contributed by atoms with van der Waals surface area (Å²) in [5, 5.41) is 9.34. The molecule has 0 bridgehead atoms. The summed E-state index contributed by atoms with van der Waals surface area (Å²) in [6, 6.07) is 9.14. The van der Waals surface area contributed by atoms with Crippen molar-refractivity contribution in [2.75, 3.05) is 5.75 Å². The van der Waals surface area contributed by atoms with Gasteiger partial charge in [-0.05, 0) is 49.1 Å². The third-order valence-electron chi connectivity index (χ3n) is 4.19. The number of nitrogens with zero attached hydrogens (tertiary/aromatic N) is 2. The zero-order valence-electron chi connectivity index (χ0n) is 13.1. The molecule has 0 saturated heterocycles. The van der Waals surface area contributed by atoms with Crippen LogP contribution < -0.4 is 4.72 Å². The maximum atomic E-state index is 11.9.